The van der Waals surface area contributed by atoms with Gasteiger partial charge in [-0.3, -0.25) is 5.10 Å². The van der Waals surface area contributed by atoms with Crippen molar-refractivity contribution in [3.63, 3.8) is 0 Å². The van der Waals surface area contributed by atoms with Crippen LogP contribution in [0.4, 0.5) is 5.82 Å². The molecule has 0 saturated carbocycles. The van der Waals surface area contributed by atoms with E-state index in [0.29, 0.717) is 5.82 Å². The van der Waals surface area contributed by atoms with Crippen molar-refractivity contribution in [1.29, 1.82) is 0 Å². The third-order valence-electron chi connectivity index (χ3n) is 3.16. The molecule has 0 radical (unpaired) electrons. The summed E-state index contributed by atoms with van der Waals surface area (Å²) in [6.07, 6.45) is 0.857. The van der Waals surface area contributed by atoms with Gasteiger partial charge in [-0.2, -0.15) is 5.10 Å². The van der Waals surface area contributed by atoms with Crippen LogP contribution in [0.1, 0.15) is 12.7 Å². The van der Waals surface area contributed by atoms with Crippen molar-refractivity contribution in [2.45, 2.75) is 13.3 Å². The van der Waals surface area contributed by atoms with Crippen molar-refractivity contribution >= 4 is 21.7 Å². The number of nitrogens with zero attached hydrogens (tertiary/aromatic N) is 1. The smallest absolute Gasteiger partial charge is 0.153 e. The van der Waals surface area contributed by atoms with Crippen LogP contribution in [-0.2, 0) is 6.42 Å². The highest BCUT2D eigenvalue weighted by Gasteiger charge is 2.17. The summed E-state index contributed by atoms with van der Waals surface area (Å²) >= 11 is 3.47. The van der Waals surface area contributed by atoms with E-state index in [4.69, 9.17) is 10.2 Å². The Bertz CT molecular complexity index is 745. The fraction of sp³-hybridized carbons (Fsp3) is 0.133. The van der Waals surface area contributed by atoms with Gasteiger partial charge in [-0.15, -0.1) is 0 Å². The molecule has 0 amide bonds. The minimum absolute atomic E-state index is 0.465. The number of halogens is 1. The maximum absolute atomic E-state index is 6.00. The van der Waals surface area contributed by atoms with Crippen LogP contribution < -0.4 is 5.73 Å². The van der Waals surface area contributed by atoms with E-state index in [0.717, 1.165) is 39.2 Å². The van der Waals surface area contributed by atoms with Crippen LogP contribution in [0.15, 0.2) is 45.3 Å². The fourth-order valence-electron chi connectivity index (χ4n) is 2.17. The Kier molecular flexibility index (Phi) is 3.36. The molecule has 0 atom stereocenters. The molecule has 20 heavy (non-hydrogen) atoms. The summed E-state index contributed by atoms with van der Waals surface area (Å²) in [4.78, 5) is 0. The Morgan fingerprint density at radius 3 is 2.85 bits per heavy atom. The Hall–Kier alpha value is -2.01. The van der Waals surface area contributed by atoms with Gasteiger partial charge in [0.15, 0.2) is 11.6 Å². The first kappa shape index (κ1) is 13.0. The summed E-state index contributed by atoms with van der Waals surface area (Å²) in [5.41, 5.74) is 8.67. The molecule has 0 spiro atoms. The van der Waals surface area contributed by atoms with E-state index in [2.05, 4.69) is 33.1 Å². The lowest BCUT2D eigenvalue weighted by Gasteiger charge is -2.03. The van der Waals surface area contributed by atoms with Crippen molar-refractivity contribution in [3.8, 4) is 22.6 Å². The van der Waals surface area contributed by atoms with Crippen molar-refractivity contribution in [2.75, 3.05) is 5.73 Å². The Balaban J connectivity index is 2.14. The summed E-state index contributed by atoms with van der Waals surface area (Å²) in [6.45, 7) is 2.05. The van der Waals surface area contributed by atoms with Crippen LogP contribution >= 0.6 is 15.9 Å². The number of aryl methyl sites for hydroxylation is 1. The first-order valence-electron chi connectivity index (χ1n) is 6.38. The van der Waals surface area contributed by atoms with Gasteiger partial charge in [0.1, 0.15) is 11.5 Å². The van der Waals surface area contributed by atoms with E-state index in [-0.39, 0.29) is 0 Å². The number of hydrogen-bond donors (Lipinski definition) is 2. The normalized spacial score (nSPS) is 10.9. The Labute approximate surface area is 125 Å². The molecule has 0 unspecified atom stereocenters. The molecule has 3 aromatic rings. The van der Waals surface area contributed by atoms with Gasteiger partial charge in [-0.25, -0.2) is 0 Å². The monoisotopic (exact) mass is 331 g/mol. The summed E-state index contributed by atoms with van der Waals surface area (Å²) in [5.74, 6) is 2.15. The van der Waals surface area contributed by atoms with Crippen LogP contribution in [0, 0.1) is 0 Å². The number of furan rings is 1. The number of nitrogens with two attached hydrogens (primary N) is 1. The number of benzene rings is 1. The zero-order valence-electron chi connectivity index (χ0n) is 11.0. The highest BCUT2D eigenvalue weighted by Crippen LogP contribution is 2.36. The summed E-state index contributed by atoms with van der Waals surface area (Å²) < 4.78 is 6.78. The minimum atomic E-state index is 0.465. The van der Waals surface area contributed by atoms with Crippen LogP contribution in [-0.4, -0.2) is 10.2 Å². The Morgan fingerprint density at radius 2 is 2.15 bits per heavy atom. The first-order chi connectivity index (χ1) is 9.69. The Morgan fingerprint density at radius 1 is 1.30 bits per heavy atom. The third kappa shape index (κ3) is 2.25. The highest BCUT2D eigenvalue weighted by molar-refractivity contribution is 9.10. The van der Waals surface area contributed by atoms with Crippen molar-refractivity contribution in [2.24, 2.45) is 0 Å². The summed E-state index contributed by atoms with van der Waals surface area (Å²) in [6, 6.07) is 11.9. The van der Waals surface area contributed by atoms with Gasteiger partial charge in [0, 0.05) is 10.9 Å². The molecule has 5 heteroatoms. The molecule has 0 aliphatic heterocycles. The van der Waals surface area contributed by atoms with Crippen LogP contribution in [0.2, 0.25) is 0 Å². The van der Waals surface area contributed by atoms with E-state index in [1.807, 2.05) is 36.4 Å². The molecule has 1 aromatic carbocycles. The predicted molar refractivity (Wildman–Crippen MR) is 83.2 cm³/mol. The third-order valence-corrected chi connectivity index (χ3v) is 3.66. The van der Waals surface area contributed by atoms with Crippen LogP contribution in [0.25, 0.3) is 22.6 Å². The zero-order valence-corrected chi connectivity index (χ0v) is 12.6. The number of aromatic amines is 1. The zero-order chi connectivity index (χ0) is 14.1. The average molecular weight is 332 g/mol. The molecular formula is C15H14BrN3O. The average Bonchev–Trinajstić information content (AvgIpc) is 3.04. The predicted octanol–water partition coefficient (Wildman–Crippen LogP) is 4.24. The summed E-state index contributed by atoms with van der Waals surface area (Å²) in [7, 11) is 0. The molecular weight excluding hydrogens is 318 g/mol. The number of anilines is 1. The largest absolute Gasteiger partial charge is 0.459 e. The minimum Gasteiger partial charge on any atom is -0.459 e. The van der Waals surface area contributed by atoms with Gasteiger partial charge in [0.05, 0.1) is 5.56 Å². The molecule has 0 aliphatic carbocycles. The van der Waals surface area contributed by atoms with E-state index < -0.39 is 0 Å². The van der Waals surface area contributed by atoms with E-state index >= 15 is 0 Å². The van der Waals surface area contributed by atoms with Crippen molar-refractivity contribution in [3.05, 3.63) is 46.6 Å². The topological polar surface area (TPSA) is 67.8 Å². The molecule has 0 fully saturated rings. The molecule has 0 saturated heterocycles. The number of rotatable bonds is 3. The fourth-order valence-corrected chi connectivity index (χ4v) is 2.57. The first-order valence-corrected chi connectivity index (χ1v) is 7.17. The molecule has 2 aromatic heterocycles. The van der Waals surface area contributed by atoms with Gasteiger partial charge < -0.3 is 10.2 Å². The molecule has 0 aliphatic rings. The quantitative estimate of drug-likeness (QED) is 0.754. The van der Waals surface area contributed by atoms with Gasteiger partial charge in [-0.1, -0.05) is 35.0 Å². The molecule has 4 nitrogen and oxygen atoms in total. The lowest BCUT2D eigenvalue weighted by molar-refractivity contribution is 0.527. The van der Waals surface area contributed by atoms with Crippen LogP contribution in [0.3, 0.4) is 0 Å². The lowest BCUT2D eigenvalue weighted by Crippen LogP contribution is -1.88. The standard InChI is InChI=1S/C15H14BrN3O/c1-2-11-6-7-12(20-11)14-13(15(17)19-18-14)9-4-3-5-10(16)8-9/h3-8H,2H2,1H3,(H3,17,18,19). The van der Waals surface area contributed by atoms with E-state index in [9.17, 15) is 0 Å². The van der Waals surface area contributed by atoms with Gasteiger partial charge in [0.2, 0.25) is 0 Å². The van der Waals surface area contributed by atoms with Gasteiger partial charge in [0.25, 0.3) is 0 Å². The molecule has 3 rings (SSSR count). The second kappa shape index (κ2) is 5.17. The summed E-state index contributed by atoms with van der Waals surface area (Å²) in [5, 5.41) is 7.07. The van der Waals surface area contributed by atoms with Crippen molar-refractivity contribution < 1.29 is 4.42 Å². The maximum Gasteiger partial charge on any atom is 0.153 e. The number of nitrogens with one attached hydrogen (secondary N) is 1. The lowest BCUT2D eigenvalue weighted by atomic mass is 10.0. The molecule has 0 bridgehead atoms. The second-order valence-electron chi connectivity index (χ2n) is 4.49. The van der Waals surface area contributed by atoms with Gasteiger partial charge >= 0.3 is 0 Å². The van der Waals surface area contributed by atoms with E-state index in [1.165, 1.54) is 0 Å². The number of nitrogen functional groups attached to an aromatic ring is 1. The van der Waals surface area contributed by atoms with Gasteiger partial charge in [-0.05, 0) is 29.8 Å². The second-order valence-corrected chi connectivity index (χ2v) is 5.40. The number of hydrogen-bond acceptors (Lipinski definition) is 3. The number of aromatic nitrogens is 2. The molecule has 2 heterocycles. The SMILES string of the molecule is CCc1ccc(-c2[nH]nc(N)c2-c2cccc(Br)c2)o1. The number of H-pyrrole nitrogens is 1. The highest BCUT2D eigenvalue weighted by atomic mass is 79.9. The van der Waals surface area contributed by atoms with Crippen molar-refractivity contribution in [1.82, 2.24) is 10.2 Å². The molecule has 102 valence electrons. The van der Waals surface area contributed by atoms with E-state index in [1.54, 1.807) is 0 Å². The maximum atomic E-state index is 6.00. The molecule has 3 N–H and O–H groups in total. The van der Waals surface area contributed by atoms with Crippen LogP contribution in [0.5, 0.6) is 0 Å².